The summed E-state index contributed by atoms with van der Waals surface area (Å²) in [4.78, 5) is 38.1. The van der Waals surface area contributed by atoms with Crippen LogP contribution in [0.15, 0.2) is 42.5 Å². The van der Waals surface area contributed by atoms with Gasteiger partial charge in [-0.2, -0.15) is 0 Å². The number of carbonyl (C=O) groups excluding carboxylic acids is 3. The number of nitrogens with zero attached hydrogens (tertiary/aromatic N) is 1. The van der Waals surface area contributed by atoms with Gasteiger partial charge in [-0.25, -0.2) is 9.59 Å². The van der Waals surface area contributed by atoms with Gasteiger partial charge >= 0.3 is 12.1 Å². The number of anilines is 1. The lowest BCUT2D eigenvalue weighted by molar-refractivity contribution is -0.134. The Labute approximate surface area is 187 Å². The lowest BCUT2D eigenvalue weighted by atomic mass is 10.2. The molecule has 0 fully saturated rings. The van der Waals surface area contributed by atoms with Gasteiger partial charge < -0.3 is 23.8 Å². The van der Waals surface area contributed by atoms with Crippen LogP contribution < -0.4 is 14.8 Å². The van der Waals surface area contributed by atoms with Gasteiger partial charge in [-0.15, -0.1) is 0 Å². The van der Waals surface area contributed by atoms with Crippen molar-refractivity contribution in [3.8, 4) is 11.5 Å². The highest BCUT2D eigenvalue weighted by atomic mass is 16.5. The number of hydrogen-bond acceptors (Lipinski definition) is 7. The first-order valence-corrected chi connectivity index (χ1v) is 10.1. The number of rotatable bonds is 10. The van der Waals surface area contributed by atoms with Crippen molar-refractivity contribution in [2.75, 3.05) is 39.3 Å². The van der Waals surface area contributed by atoms with Crippen molar-refractivity contribution in [2.45, 2.75) is 20.4 Å². The molecule has 0 aliphatic carbocycles. The highest BCUT2D eigenvalue weighted by Gasteiger charge is 2.17. The summed E-state index contributed by atoms with van der Waals surface area (Å²) in [6.45, 7) is 4.11. The zero-order valence-electron chi connectivity index (χ0n) is 18.7. The summed E-state index contributed by atoms with van der Waals surface area (Å²) in [6, 6.07) is 11.6. The van der Waals surface area contributed by atoms with Gasteiger partial charge in [0.1, 0.15) is 0 Å². The van der Waals surface area contributed by atoms with Crippen molar-refractivity contribution in [1.82, 2.24) is 4.90 Å². The highest BCUT2D eigenvalue weighted by Crippen LogP contribution is 2.28. The number of likely N-dealkylation sites (N-methyl/N-ethyl adjacent to an activating group) is 1. The molecule has 0 aliphatic rings. The average molecular weight is 444 g/mol. The number of hydrogen-bond donors (Lipinski definition) is 1. The predicted molar refractivity (Wildman–Crippen MR) is 118 cm³/mol. The predicted octanol–water partition coefficient (Wildman–Crippen LogP) is 3.48. The van der Waals surface area contributed by atoms with Crippen LogP contribution in [0.4, 0.5) is 10.5 Å². The lowest BCUT2D eigenvalue weighted by Crippen LogP contribution is -2.34. The summed E-state index contributed by atoms with van der Waals surface area (Å²) >= 11 is 0. The van der Waals surface area contributed by atoms with Crippen LogP contribution in [0.25, 0.3) is 0 Å². The summed E-state index contributed by atoms with van der Waals surface area (Å²) in [5.41, 5.74) is 1.44. The van der Waals surface area contributed by atoms with Crippen molar-refractivity contribution in [3.05, 3.63) is 53.6 Å². The van der Waals surface area contributed by atoms with Gasteiger partial charge in [0.15, 0.2) is 18.1 Å². The summed E-state index contributed by atoms with van der Waals surface area (Å²) in [5.74, 6) is 0.153. The molecule has 2 rings (SSSR count). The molecule has 2 aromatic rings. The molecule has 0 aliphatic heterocycles. The molecule has 0 saturated carbocycles. The molecular formula is C23H28N2O7. The summed E-state index contributed by atoms with van der Waals surface area (Å²) in [5, 5.41) is 2.51. The molecule has 9 nitrogen and oxygen atoms in total. The normalized spacial score (nSPS) is 10.1. The van der Waals surface area contributed by atoms with Crippen molar-refractivity contribution in [2.24, 2.45) is 0 Å². The zero-order chi connectivity index (χ0) is 23.5. The van der Waals surface area contributed by atoms with E-state index in [0.717, 1.165) is 5.56 Å². The Morgan fingerprint density at radius 2 is 1.69 bits per heavy atom. The molecule has 0 bridgehead atoms. The second kappa shape index (κ2) is 12.2. The van der Waals surface area contributed by atoms with E-state index < -0.39 is 18.7 Å². The molecule has 2 aromatic carbocycles. The maximum absolute atomic E-state index is 12.6. The number of methoxy groups -OCH3 is 2. The van der Waals surface area contributed by atoms with Crippen molar-refractivity contribution >= 4 is 23.7 Å². The first-order chi connectivity index (χ1) is 15.4. The second-order valence-corrected chi connectivity index (χ2v) is 6.60. The summed E-state index contributed by atoms with van der Waals surface area (Å²) in [7, 11) is 3.09. The molecule has 172 valence electrons. The van der Waals surface area contributed by atoms with Gasteiger partial charge in [0.25, 0.3) is 5.91 Å². The van der Waals surface area contributed by atoms with E-state index in [2.05, 4.69) is 5.32 Å². The summed E-state index contributed by atoms with van der Waals surface area (Å²) < 4.78 is 20.5. The van der Waals surface area contributed by atoms with Crippen molar-refractivity contribution < 1.29 is 33.3 Å². The first kappa shape index (κ1) is 24.5. The van der Waals surface area contributed by atoms with Gasteiger partial charge in [0, 0.05) is 18.8 Å². The van der Waals surface area contributed by atoms with Crippen LogP contribution >= 0.6 is 0 Å². The molecule has 0 unspecified atom stereocenters. The Morgan fingerprint density at radius 3 is 2.34 bits per heavy atom. The molecule has 0 atom stereocenters. The fourth-order valence-electron chi connectivity index (χ4n) is 2.89. The van der Waals surface area contributed by atoms with Crippen LogP contribution in [0.3, 0.4) is 0 Å². The van der Waals surface area contributed by atoms with Crippen LogP contribution in [0.5, 0.6) is 11.5 Å². The van der Waals surface area contributed by atoms with Gasteiger partial charge in [0.2, 0.25) is 0 Å². The Morgan fingerprint density at radius 1 is 0.938 bits per heavy atom. The Bertz CT molecular complexity index is 946. The molecule has 0 saturated heterocycles. The maximum atomic E-state index is 12.6. The smallest absolute Gasteiger partial charge is 0.411 e. The third kappa shape index (κ3) is 6.90. The molecule has 0 aromatic heterocycles. The van der Waals surface area contributed by atoms with Crippen LogP contribution in [-0.2, 0) is 20.8 Å². The zero-order valence-corrected chi connectivity index (χ0v) is 18.7. The Kier molecular flexibility index (Phi) is 9.34. The van der Waals surface area contributed by atoms with E-state index in [9.17, 15) is 14.4 Å². The van der Waals surface area contributed by atoms with Crippen LogP contribution in [0.2, 0.25) is 0 Å². The van der Waals surface area contributed by atoms with E-state index in [1.807, 2.05) is 13.0 Å². The fourth-order valence-corrected chi connectivity index (χ4v) is 2.89. The number of amides is 2. The molecule has 0 heterocycles. The molecule has 0 radical (unpaired) electrons. The van der Waals surface area contributed by atoms with E-state index in [0.29, 0.717) is 30.3 Å². The van der Waals surface area contributed by atoms with E-state index in [4.69, 9.17) is 18.9 Å². The fraction of sp³-hybridized carbons (Fsp3) is 0.348. The number of carbonyl (C=O) groups is 3. The minimum absolute atomic E-state index is 0.204. The Hall–Kier alpha value is -3.75. The Balaban J connectivity index is 1.97. The molecule has 0 spiro atoms. The van der Waals surface area contributed by atoms with Crippen molar-refractivity contribution in [3.63, 3.8) is 0 Å². The van der Waals surface area contributed by atoms with E-state index >= 15 is 0 Å². The third-order valence-corrected chi connectivity index (χ3v) is 4.50. The highest BCUT2D eigenvalue weighted by molar-refractivity contribution is 5.93. The van der Waals surface area contributed by atoms with Gasteiger partial charge in [0.05, 0.1) is 26.4 Å². The number of nitrogens with one attached hydrogen (secondary N) is 1. The van der Waals surface area contributed by atoms with Crippen LogP contribution in [0.1, 0.15) is 29.8 Å². The van der Waals surface area contributed by atoms with Gasteiger partial charge in [-0.3, -0.25) is 10.1 Å². The molecule has 1 N–H and O–H groups in total. The number of benzene rings is 2. The average Bonchev–Trinajstić information content (AvgIpc) is 2.80. The SMILES string of the molecule is CCOC(=O)Nc1cccc(C(=O)OCC(=O)N(CC)Cc2ccc(OC)c(OC)c2)c1. The minimum atomic E-state index is -0.673. The number of ether oxygens (including phenoxy) is 4. The largest absolute Gasteiger partial charge is 0.493 e. The molecule has 32 heavy (non-hydrogen) atoms. The first-order valence-electron chi connectivity index (χ1n) is 10.1. The van der Waals surface area contributed by atoms with E-state index in [1.165, 1.54) is 12.1 Å². The third-order valence-electron chi connectivity index (χ3n) is 4.50. The molecule has 9 heteroatoms. The molecule has 2 amide bonds. The summed E-state index contributed by atoms with van der Waals surface area (Å²) in [6.07, 6.45) is -0.623. The standard InChI is InChI=1S/C23H28N2O7/c1-5-25(14-16-10-11-19(29-3)20(12-16)30-4)21(26)15-32-22(27)17-8-7-9-18(13-17)24-23(28)31-6-2/h7-13H,5-6,14-15H2,1-4H3,(H,24,28). The quantitative estimate of drug-likeness (QED) is 0.560. The molecular weight excluding hydrogens is 416 g/mol. The minimum Gasteiger partial charge on any atom is -0.493 e. The van der Waals surface area contributed by atoms with Crippen LogP contribution in [0, 0.1) is 0 Å². The lowest BCUT2D eigenvalue weighted by Gasteiger charge is -2.21. The monoisotopic (exact) mass is 444 g/mol. The van der Waals surface area contributed by atoms with Crippen LogP contribution in [-0.4, -0.2) is 56.8 Å². The topological polar surface area (TPSA) is 103 Å². The second-order valence-electron chi connectivity index (χ2n) is 6.60. The van der Waals surface area contributed by atoms with Gasteiger partial charge in [-0.1, -0.05) is 12.1 Å². The van der Waals surface area contributed by atoms with Crippen molar-refractivity contribution in [1.29, 1.82) is 0 Å². The van der Waals surface area contributed by atoms with E-state index in [-0.39, 0.29) is 18.1 Å². The van der Waals surface area contributed by atoms with Gasteiger partial charge in [-0.05, 0) is 49.7 Å². The number of esters is 1. The van der Waals surface area contributed by atoms with E-state index in [1.54, 1.807) is 50.3 Å². The maximum Gasteiger partial charge on any atom is 0.411 e.